The monoisotopic (exact) mass is 296 g/mol. The summed E-state index contributed by atoms with van der Waals surface area (Å²) < 4.78 is 0. The summed E-state index contributed by atoms with van der Waals surface area (Å²) in [5.74, 6) is -0.316. The zero-order valence-corrected chi connectivity index (χ0v) is 11.5. The van der Waals surface area contributed by atoms with Crippen molar-refractivity contribution in [3.63, 3.8) is 0 Å². The van der Waals surface area contributed by atoms with E-state index in [1.54, 1.807) is 6.07 Å². The molecule has 6 heteroatoms. The van der Waals surface area contributed by atoms with Gasteiger partial charge in [-0.1, -0.05) is 11.6 Å². The summed E-state index contributed by atoms with van der Waals surface area (Å²) in [6, 6.07) is 6.46. The number of rotatable bonds is 4. The van der Waals surface area contributed by atoms with Gasteiger partial charge in [-0.2, -0.15) is 11.3 Å². The molecule has 0 saturated carbocycles. The Balaban J connectivity index is 1.98. The summed E-state index contributed by atoms with van der Waals surface area (Å²) in [7, 11) is 0. The Bertz CT molecular complexity index is 552. The molecule has 0 aliphatic rings. The van der Waals surface area contributed by atoms with E-state index < -0.39 is 6.10 Å². The summed E-state index contributed by atoms with van der Waals surface area (Å²) in [5.41, 5.74) is 7.21. The fraction of sp³-hybridized carbons (Fsp3) is 0.154. The van der Waals surface area contributed by atoms with E-state index in [1.165, 1.54) is 23.5 Å². The van der Waals surface area contributed by atoms with Crippen LogP contribution in [0, 0.1) is 0 Å². The highest BCUT2D eigenvalue weighted by Crippen LogP contribution is 2.18. The molecule has 1 aromatic heterocycles. The lowest BCUT2D eigenvalue weighted by Gasteiger charge is -2.11. The second-order valence-corrected chi connectivity index (χ2v) is 5.27. The summed E-state index contributed by atoms with van der Waals surface area (Å²) >= 11 is 7.33. The van der Waals surface area contributed by atoms with Crippen LogP contribution in [0.3, 0.4) is 0 Å². The molecule has 0 spiro atoms. The smallest absolute Gasteiger partial charge is 0.251 e. The zero-order valence-electron chi connectivity index (χ0n) is 9.97. The number of anilines is 1. The maximum Gasteiger partial charge on any atom is 0.251 e. The van der Waals surface area contributed by atoms with E-state index in [0.29, 0.717) is 16.3 Å². The van der Waals surface area contributed by atoms with E-state index >= 15 is 0 Å². The van der Waals surface area contributed by atoms with Crippen molar-refractivity contribution in [2.75, 3.05) is 12.3 Å². The van der Waals surface area contributed by atoms with Gasteiger partial charge in [-0.25, -0.2) is 0 Å². The van der Waals surface area contributed by atoms with Gasteiger partial charge in [0.15, 0.2) is 0 Å². The van der Waals surface area contributed by atoms with Crippen molar-refractivity contribution in [3.05, 3.63) is 51.2 Å². The predicted molar refractivity (Wildman–Crippen MR) is 77.5 cm³/mol. The van der Waals surface area contributed by atoms with Gasteiger partial charge in [0.2, 0.25) is 0 Å². The Kier molecular flexibility index (Phi) is 4.42. The molecule has 0 bridgehead atoms. The number of benzene rings is 1. The molecule has 4 N–H and O–H groups in total. The number of hydrogen-bond donors (Lipinski definition) is 3. The highest BCUT2D eigenvalue weighted by atomic mass is 35.5. The van der Waals surface area contributed by atoms with Crippen LogP contribution in [0.5, 0.6) is 0 Å². The van der Waals surface area contributed by atoms with Crippen LogP contribution in [0.2, 0.25) is 5.02 Å². The quantitative estimate of drug-likeness (QED) is 0.759. The molecular formula is C13H13ClN2O2S. The van der Waals surface area contributed by atoms with E-state index in [2.05, 4.69) is 5.32 Å². The van der Waals surface area contributed by atoms with Gasteiger partial charge in [0.1, 0.15) is 0 Å². The van der Waals surface area contributed by atoms with Crippen molar-refractivity contribution in [1.82, 2.24) is 5.32 Å². The van der Waals surface area contributed by atoms with E-state index in [4.69, 9.17) is 17.3 Å². The molecule has 0 aliphatic carbocycles. The maximum atomic E-state index is 11.9. The molecule has 100 valence electrons. The summed E-state index contributed by atoms with van der Waals surface area (Å²) in [4.78, 5) is 11.9. The Morgan fingerprint density at radius 3 is 2.89 bits per heavy atom. The Morgan fingerprint density at radius 2 is 2.26 bits per heavy atom. The van der Waals surface area contributed by atoms with Gasteiger partial charge in [-0.15, -0.1) is 0 Å². The lowest BCUT2D eigenvalue weighted by atomic mass is 10.1. The molecule has 2 aromatic rings. The number of thiophene rings is 1. The lowest BCUT2D eigenvalue weighted by Crippen LogP contribution is -2.28. The average Bonchev–Trinajstić information content (AvgIpc) is 2.88. The second kappa shape index (κ2) is 6.06. The first-order valence-electron chi connectivity index (χ1n) is 5.60. The van der Waals surface area contributed by atoms with Crippen LogP contribution in [0.25, 0.3) is 0 Å². The van der Waals surface area contributed by atoms with Crippen LogP contribution in [-0.4, -0.2) is 17.6 Å². The van der Waals surface area contributed by atoms with Crippen molar-refractivity contribution in [2.24, 2.45) is 0 Å². The SMILES string of the molecule is Nc1cc(Cl)cc(C(=O)NCC(O)c2ccsc2)c1. The first-order valence-corrected chi connectivity index (χ1v) is 6.93. The molecule has 2 rings (SSSR count). The number of carbonyl (C=O) groups is 1. The van der Waals surface area contributed by atoms with Crippen LogP contribution < -0.4 is 11.1 Å². The molecule has 0 saturated heterocycles. The zero-order chi connectivity index (χ0) is 13.8. The van der Waals surface area contributed by atoms with Gasteiger partial charge >= 0.3 is 0 Å². The largest absolute Gasteiger partial charge is 0.399 e. The normalized spacial score (nSPS) is 12.1. The number of aliphatic hydroxyl groups excluding tert-OH is 1. The number of hydrogen-bond acceptors (Lipinski definition) is 4. The number of nitrogens with two attached hydrogens (primary N) is 1. The maximum absolute atomic E-state index is 11.9. The van der Waals surface area contributed by atoms with Crippen molar-refractivity contribution < 1.29 is 9.90 Å². The number of aliphatic hydroxyl groups is 1. The fourth-order valence-corrected chi connectivity index (χ4v) is 2.57. The second-order valence-electron chi connectivity index (χ2n) is 4.06. The van der Waals surface area contributed by atoms with Crippen LogP contribution in [-0.2, 0) is 0 Å². The number of nitrogens with one attached hydrogen (secondary N) is 1. The van der Waals surface area contributed by atoms with Crippen molar-refractivity contribution in [3.8, 4) is 0 Å². The molecule has 0 fully saturated rings. The first-order chi connectivity index (χ1) is 9.06. The van der Waals surface area contributed by atoms with Crippen LogP contribution >= 0.6 is 22.9 Å². The van der Waals surface area contributed by atoms with Crippen LogP contribution in [0.1, 0.15) is 22.0 Å². The molecular weight excluding hydrogens is 284 g/mol. The summed E-state index contributed by atoms with van der Waals surface area (Å²) in [6.07, 6.45) is -0.716. The van der Waals surface area contributed by atoms with Crippen LogP contribution in [0.15, 0.2) is 35.0 Å². The molecule has 1 atom stereocenters. The van der Waals surface area contributed by atoms with Crippen molar-refractivity contribution in [1.29, 1.82) is 0 Å². The molecule has 19 heavy (non-hydrogen) atoms. The molecule has 0 radical (unpaired) electrons. The molecule has 4 nitrogen and oxygen atoms in total. The Hall–Kier alpha value is -1.56. The van der Waals surface area contributed by atoms with Gasteiger partial charge in [0, 0.05) is 22.8 Å². The highest BCUT2D eigenvalue weighted by Gasteiger charge is 2.12. The number of nitrogen functional groups attached to an aromatic ring is 1. The van der Waals surface area contributed by atoms with E-state index in [1.807, 2.05) is 16.8 Å². The molecule has 1 heterocycles. The molecule has 0 aliphatic heterocycles. The first kappa shape index (κ1) is 13.9. The Morgan fingerprint density at radius 1 is 1.47 bits per heavy atom. The average molecular weight is 297 g/mol. The number of halogens is 1. The van der Waals surface area contributed by atoms with Gasteiger partial charge < -0.3 is 16.2 Å². The molecule has 1 amide bonds. The highest BCUT2D eigenvalue weighted by molar-refractivity contribution is 7.07. The third-order valence-electron chi connectivity index (χ3n) is 2.57. The fourth-order valence-electron chi connectivity index (χ4n) is 1.62. The third kappa shape index (κ3) is 3.70. The Labute approximate surface area is 119 Å². The topological polar surface area (TPSA) is 75.4 Å². The van der Waals surface area contributed by atoms with E-state index in [-0.39, 0.29) is 12.5 Å². The van der Waals surface area contributed by atoms with Gasteiger partial charge in [-0.05, 0) is 40.6 Å². The van der Waals surface area contributed by atoms with Gasteiger partial charge in [0.05, 0.1) is 6.10 Å². The van der Waals surface area contributed by atoms with Gasteiger partial charge in [-0.3, -0.25) is 4.79 Å². The van der Waals surface area contributed by atoms with E-state index in [0.717, 1.165) is 5.56 Å². The third-order valence-corrected chi connectivity index (χ3v) is 3.49. The van der Waals surface area contributed by atoms with Gasteiger partial charge in [0.25, 0.3) is 5.91 Å². The van der Waals surface area contributed by atoms with Crippen LogP contribution in [0.4, 0.5) is 5.69 Å². The van der Waals surface area contributed by atoms with E-state index in [9.17, 15) is 9.90 Å². The molecule has 1 aromatic carbocycles. The lowest BCUT2D eigenvalue weighted by molar-refractivity contribution is 0.0916. The standard InChI is InChI=1S/C13H13ClN2O2S/c14-10-3-9(4-11(15)5-10)13(18)16-6-12(17)8-1-2-19-7-8/h1-5,7,12,17H,6,15H2,(H,16,18). The van der Waals surface area contributed by atoms with Crippen molar-refractivity contribution in [2.45, 2.75) is 6.10 Å². The minimum atomic E-state index is -0.716. The molecule has 1 unspecified atom stereocenters. The van der Waals surface area contributed by atoms with Crippen molar-refractivity contribution >= 4 is 34.5 Å². The number of amides is 1. The minimum absolute atomic E-state index is 0.141. The number of carbonyl (C=O) groups excluding carboxylic acids is 1. The summed E-state index contributed by atoms with van der Waals surface area (Å²) in [5, 5.41) is 16.6. The predicted octanol–water partition coefficient (Wildman–Crippen LogP) is 2.45. The minimum Gasteiger partial charge on any atom is -0.399 e. The summed E-state index contributed by atoms with van der Waals surface area (Å²) in [6.45, 7) is 0.141.